The zero-order valence-corrected chi connectivity index (χ0v) is 14.0. The highest BCUT2D eigenvalue weighted by Crippen LogP contribution is 2.34. The Kier molecular flexibility index (Phi) is 4.32. The molecular formula is C19H24N4O. The number of hydrogen-bond acceptors (Lipinski definition) is 3. The van der Waals surface area contributed by atoms with E-state index < -0.39 is 0 Å². The van der Waals surface area contributed by atoms with Crippen LogP contribution in [0.3, 0.4) is 0 Å². The van der Waals surface area contributed by atoms with Crippen molar-refractivity contribution < 1.29 is 4.79 Å². The molecule has 2 aromatic rings. The summed E-state index contributed by atoms with van der Waals surface area (Å²) in [6.07, 6.45) is 8.13. The van der Waals surface area contributed by atoms with Crippen molar-refractivity contribution in [3.63, 3.8) is 0 Å². The fourth-order valence-corrected chi connectivity index (χ4v) is 3.61. The molecule has 1 unspecified atom stereocenters. The molecule has 1 atom stereocenters. The number of amides is 1. The zero-order chi connectivity index (χ0) is 16.4. The molecular weight excluding hydrogens is 300 g/mol. The number of piperidine rings is 1. The Labute approximate surface area is 142 Å². The molecule has 24 heavy (non-hydrogen) atoms. The molecule has 5 heteroatoms. The first-order valence-electron chi connectivity index (χ1n) is 9.02. The van der Waals surface area contributed by atoms with Crippen molar-refractivity contribution in [3.8, 4) is 0 Å². The molecule has 1 amide bonds. The topological polar surface area (TPSA) is 51.0 Å². The molecule has 1 saturated carbocycles. The minimum absolute atomic E-state index is 0.0798. The van der Waals surface area contributed by atoms with E-state index >= 15 is 0 Å². The molecule has 5 nitrogen and oxygen atoms in total. The van der Waals surface area contributed by atoms with Gasteiger partial charge >= 0.3 is 0 Å². The second kappa shape index (κ2) is 6.75. The smallest absolute Gasteiger partial charge is 0.227 e. The number of likely N-dealkylation sites (tertiary alicyclic amines) is 1. The lowest BCUT2D eigenvalue weighted by molar-refractivity contribution is -0.134. The second-order valence-electron chi connectivity index (χ2n) is 7.05. The second-order valence-corrected chi connectivity index (χ2v) is 7.05. The quantitative estimate of drug-likeness (QED) is 0.849. The monoisotopic (exact) mass is 324 g/mol. The first kappa shape index (κ1) is 15.4. The number of rotatable bonds is 5. The summed E-state index contributed by atoms with van der Waals surface area (Å²) in [6.45, 7) is 1.83. The van der Waals surface area contributed by atoms with Gasteiger partial charge in [0.25, 0.3) is 0 Å². The molecule has 1 aromatic heterocycles. The van der Waals surface area contributed by atoms with Crippen molar-refractivity contribution >= 4 is 5.91 Å². The van der Waals surface area contributed by atoms with Gasteiger partial charge in [0, 0.05) is 13.1 Å². The number of carbonyl (C=O) groups excluding carboxylic acids is 1. The van der Waals surface area contributed by atoms with Gasteiger partial charge in [0.15, 0.2) is 5.82 Å². The van der Waals surface area contributed by atoms with Crippen LogP contribution < -0.4 is 0 Å². The number of nitrogens with zero attached hydrogens (tertiary/aromatic N) is 4. The van der Waals surface area contributed by atoms with Crippen molar-refractivity contribution in [2.24, 2.45) is 5.92 Å². The lowest BCUT2D eigenvalue weighted by atomic mass is 10.00. The Balaban J connectivity index is 1.52. The van der Waals surface area contributed by atoms with Crippen LogP contribution in [0.4, 0.5) is 0 Å². The van der Waals surface area contributed by atoms with E-state index in [1.807, 2.05) is 41.6 Å². The van der Waals surface area contributed by atoms with Gasteiger partial charge in [0.2, 0.25) is 5.91 Å². The summed E-state index contributed by atoms with van der Waals surface area (Å²) in [6, 6.07) is 10.1. The molecule has 1 saturated heterocycles. The highest BCUT2D eigenvalue weighted by molar-refractivity contribution is 5.79. The Bertz CT molecular complexity index is 692. The van der Waals surface area contributed by atoms with Crippen LogP contribution in [-0.2, 0) is 17.8 Å². The predicted molar refractivity (Wildman–Crippen MR) is 91.2 cm³/mol. The highest BCUT2D eigenvalue weighted by Gasteiger charge is 2.32. The van der Waals surface area contributed by atoms with Gasteiger partial charge in [-0.25, -0.2) is 0 Å². The van der Waals surface area contributed by atoms with Crippen LogP contribution >= 0.6 is 0 Å². The summed E-state index contributed by atoms with van der Waals surface area (Å²) in [7, 11) is 0. The molecule has 1 aliphatic heterocycles. The third-order valence-electron chi connectivity index (χ3n) is 5.12. The van der Waals surface area contributed by atoms with E-state index in [9.17, 15) is 4.79 Å². The number of hydrogen-bond donors (Lipinski definition) is 0. The Morgan fingerprint density at radius 1 is 1.12 bits per heavy atom. The van der Waals surface area contributed by atoms with Crippen molar-refractivity contribution in [1.82, 2.24) is 19.7 Å². The summed E-state index contributed by atoms with van der Waals surface area (Å²) in [5, 5.41) is 8.51. The molecule has 0 bridgehead atoms. The van der Waals surface area contributed by atoms with Crippen molar-refractivity contribution in [3.05, 3.63) is 48.0 Å². The lowest BCUT2D eigenvalue weighted by Gasteiger charge is -2.35. The maximum absolute atomic E-state index is 12.9. The largest absolute Gasteiger partial charge is 0.332 e. The first-order valence-corrected chi connectivity index (χ1v) is 9.02. The Morgan fingerprint density at radius 3 is 2.75 bits per heavy atom. The molecule has 0 radical (unpaired) electrons. The van der Waals surface area contributed by atoms with Gasteiger partial charge in [-0.1, -0.05) is 30.3 Å². The van der Waals surface area contributed by atoms with Crippen molar-refractivity contribution in [2.45, 2.75) is 51.1 Å². The molecule has 2 fully saturated rings. The van der Waals surface area contributed by atoms with Crippen LogP contribution in [0.25, 0.3) is 0 Å². The predicted octanol–water partition coefficient (Wildman–Crippen LogP) is 2.98. The van der Waals surface area contributed by atoms with Crippen molar-refractivity contribution in [1.29, 1.82) is 0 Å². The van der Waals surface area contributed by atoms with E-state index in [0.717, 1.165) is 49.7 Å². The third-order valence-corrected chi connectivity index (χ3v) is 5.12. The average molecular weight is 324 g/mol. The average Bonchev–Trinajstić information content (AvgIpc) is 3.31. The van der Waals surface area contributed by atoms with E-state index in [1.54, 1.807) is 0 Å². The summed E-state index contributed by atoms with van der Waals surface area (Å²) in [4.78, 5) is 14.9. The van der Waals surface area contributed by atoms with Gasteiger partial charge < -0.3 is 9.47 Å². The van der Waals surface area contributed by atoms with Crippen LogP contribution in [0.2, 0.25) is 0 Å². The summed E-state index contributed by atoms with van der Waals surface area (Å²) in [5.41, 5.74) is 1.08. The Morgan fingerprint density at radius 2 is 1.96 bits per heavy atom. The first-order chi connectivity index (χ1) is 11.8. The van der Waals surface area contributed by atoms with Gasteiger partial charge in [0.05, 0.1) is 12.5 Å². The van der Waals surface area contributed by atoms with Gasteiger partial charge in [-0.3, -0.25) is 4.79 Å². The van der Waals surface area contributed by atoms with Crippen LogP contribution in [-0.4, -0.2) is 32.1 Å². The van der Waals surface area contributed by atoms with Crippen LogP contribution in [0.1, 0.15) is 49.5 Å². The van der Waals surface area contributed by atoms with Crippen LogP contribution in [0.15, 0.2) is 36.7 Å². The lowest BCUT2D eigenvalue weighted by Crippen LogP contribution is -2.40. The molecule has 126 valence electrons. The number of benzene rings is 1. The van der Waals surface area contributed by atoms with Gasteiger partial charge in [-0.05, 0) is 43.6 Å². The highest BCUT2D eigenvalue weighted by atomic mass is 16.2. The summed E-state index contributed by atoms with van der Waals surface area (Å²) >= 11 is 0. The molecule has 2 heterocycles. The molecule has 0 spiro atoms. The van der Waals surface area contributed by atoms with E-state index in [0.29, 0.717) is 6.42 Å². The molecule has 4 rings (SSSR count). The molecule has 1 aliphatic carbocycles. The SMILES string of the molecule is O=C(Cc1ccccc1)N1CCCCC1c1nncn1CC1CC1. The van der Waals surface area contributed by atoms with E-state index in [1.165, 1.54) is 12.8 Å². The normalized spacial score (nSPS) is 21.0. The van der Waals surface area contributed by atoms with Gasteiger partial charge in [0.1, 0.15) is 6.33 Å². The fraction of sp³-hybridized carbons (Fsp3) is 0.526. The maximum atomic E-state index is 12.9. The van der Waals surface area contributed by atoms with E-state index in [-0.39, 0.29) is 11.9 Å². The van der Waals surface area contributed by atoms with Crippen molar-refractivity contribution in [2.75, 3.05) is 6.54 Å². The van der Waals surface area contributed by atoms with Gasteiger partial charge in [-0.15, -0.1) is 10.2 Å². The molecule has 0 N–H and O–H groups in total. The summed E-state index contributed by atoms with van der Waals surface area (Å²) in [5.74, 6) is 1.95. The molecule has 2 aliphatic rings. The number of carbonyl (C=O) groups is 1. The minimum Gasteiger partial charge on any atom is -0.332 e. The maximum Gasteiger partial charge on any atom is 0.227 e. The Hall–Kier alpha value is -2.17. The van der Waals surface area contributed by atoms with Crippen LogP contribution in [0.5, 0.6) is 0 Å². The van der Waals surface area contributed by atoms with E-state index in [2.05, 4.69) is 14.8 Å². The molecule has 1 aromatic carbocycles. The third kappa shape index (κ3) is 3.35. The number of aromatic nitrogens is 3. The minimum atomic E-state index is 0.0798. The standard InChI is InChI=1S/C19H24N4O/c24-18(12-15-6-2-1-3-7-15)23-11-5-4-8-17(23)19-21-20-14-22(19)13-16-9-10-16/h1-3,6-7,14,16-17H,4-5,8-13H2. The van der Waals surface area contributed by atoms with Crippen LogP contribution in [0, 0.1) is 5.92 Å². The van der Waals surface area contributed by atoms with E-state index in [4.69, 9.17) is 0 Å². The summed E-state index contributed by atoms with van der Waals surface area (Å²) < 4.78 is 2.18. The fourth-order valence-electron chi connectivity index (χ4n) is 3.61. The van der Waals surface area contributed by atoms with Gasteiger partial charge in [-0.2, -0.15) is 0 Å². The zero-order valence-electron chi connectivity index (χ0n) is 14.0.